The van der Waals surface area contributed by atoms with Crippen LogP contribution < -0.4 is 14.8 Å². The van der Waals surface area contributed by atoms with E-state index in [9.17, 15) is 4.79 Å². The third-order valence-electron chi connectivity index (χ3n) is 3.63. The van der Waals surface area contributed by atoms with Gasteiger partial charge in [0.05, 0.1) is 14.2 Å². The molecule has 0 aliphatic heterocycles. The molecular formula is C18H20ClNO4. The van der Waals surface area contributed by atoms with Crippen LogP contribution in [-0.2, 0) is 4.74 Å². The highest BCUT2D eigenvalue weighted by atomic mass is 35.5. The second-order valence-electron chi connectivity index (χ2n) is 5.03. The van der Waals surface area contributed by atoms with Crippen LogP contribution in [0.25, 0.3) is 0 Å². The number of rotatable bonds is 7. The average Bonchev–Trinajstić information content (AvgIpc) is 2.62. The molecule has 0 bridgehead atoms. The molecule has 0 aliphatic rings. The van der Waals surface area contributed by atoms with Crippen molar-refractivity contribution in [1.82, 2.24) is 5.32 Å². The van der Waals surface area contributed by atoms with Gasteiger partial charge in [-0.3, -0.25) is 4.79 Å². The van der Waals surface area contributed by atoms with Gasteiger partial charge in [-0.05, 0) is 24.3 Å². The summed E-state index contributed by atoms with van der Waals surface area (Å²) in [7, 11) is 4.65. The van der Waals surface area contributed by atoms with Crippen LogP contribution in [-0.4, -0.2) is 33.8 Å². The van der Waals surface area contributed by atoms with Gasteiger partial charge in [0.2, 0.25) is 0 Å². The fourth-order valence-electron chi connectivity index (χ4n) is 2.32. The summed E-state index contributed by atoms with van der Waals surface area (Å²) in [6, 6.07) is 12.4. The van der Waals surface area contributed by atoms with Crippen molar-refractivity contribution in [3.05, 3.63) is 58.6 Å². The third-order valence-corrected chi connectivity index (χ3v) is 3.97. The van der Waals surface area contributed by atoms with E-state index >= 15 is 0 Å². The van der Waals surface area contributed by atoms with Gasteiger partial charge in [-0.2, -0.15) is 0 Å². The van der Waals surface area contributed by atoms with Crippen LogP contribution in [0.15, 0.2) is 42.5 Å². The van der Waals surface area contributed by atoms with E-state index in [0.29, 0.717) is 28.6 Å². The van der Waals surface area contributed by atoms with Crippen LogP contribution in [0.1, 0.15) is 22.0 Å². The minimum Gasteiger partial charge on any atom is -0.493 e. The Labute approximate surface area is 146 Å². The molecule has 2 aromatic carbocycles. The first-order valence-corrected chi connectivity index (χ1v) is 7.76. The molecule has 1 unspecified atom stereocenters. The van der Waals surface area contributed by atoms with Gasteiger partial charge in [-0.1, -0.05) is 29.8 Å². The molecule has 0 heterocycles. The summed E-state index contributed by atoms with van der Waals surface area (Å²) < 4.78 is 15.8. The lowest BCUT2D eigenvalue weighted by Crippen LogP contribution is -2.29. The van der Waals surface area contributed by atoms with Gasteiger partial charge in [0.25, 0.3) is 5.91 Å². The van der Waals surface area contributed by atoms with Crippen LogP contribution in [0.5, 0.6) is 11.5 Å². The largest absolute Gasteiger partial charge is 0.493 e. The van der Waals surface area contributed by atoms with Gasteiger partial charge < -0.3 is 19.5 Å². The summed E-state index contributed by atoms with van der Waals surface area (Å²) in [5.41, 5.74) is 1.30. The van der Waals surface area contributed by atoms with Crippen LogP contribution in [0.3, 0.4) is 0 Å². The predicted molar refractivity (Wildman–Crippen MR) is 93.1 cm³/mol. The van der Waals surface area contributed by atoms with Gasteiger partial charge in [0.15, 0.2) is 11.5 Å². The molecule has 0 radical (unpaired) electrons. The summed E-state index contributed by atoms with van der Waals surface area (Å²) in [5.74, 6) is 0.837. The first-order chi connectivity index (χ1) is 11.6. The van der Waals surface area contributed by atoms with Crippen molar-refractivity contribution >= 4 is 17.5 Å². The maximum atomic E-state index is 12.4. The zero-order valence-corrected chi connectivity index (χ0v) is 14.6. The van der Waals surface area contributed by atoms with Crippen molar-refractivity contribution in [2.45, 2.75) is 6.10 Å². The zero-order valence-electron chi connectivity index (χ0n) is 13.8. The summed E-state index contributed by atoms with van der Waals surface area (Å²) in [4.78, 5) is 12.4. The number of hydrogen-bond acceptors (Lipinski definition) is 4. The van der Waals surface area contributed by atoms with Crippen molar-refractivity contribution in [2.75, 3.05) is 27.9 Å². The lowest BCUT2D eigenvalue weighted by molar-refractivity contribution is 0.0828. The number of benzene rings is 2. The second kappa shape index (κ2) is 8.57. The monoisotopic (exact) mass is 349 g/mol. The highest BCUT2D eigenvalue weighted by Crippen LogP contribution is 2.28. The number of hydrogen-bond donors (Lipinski definition) is 1. The van der Waals surface area contributed by atoms with E-state index in [2.05, 4.69) is 5.32 Å². The van der Waals surface area contributed by atoms with Gasteiger partial charge >= 0.3 is 0 Å². The Morgan fingerprint density at radius 3 is 2.42 bits per heavy atom. The Hall–Kier alpha value is -2.24. The Kier molecular flexibility index (Phi) is 6.46. The molecule has 0 aliphatic carbocycles. The van der Waals surface area contributed by atoms with Gasteiger partial charge in [0, 0.05) is 29.8 Å². The summed E-state index contributed by atoms with van der Waals surface area (Å²) in [5, 5.41) is 3.45. The van der Waals surface area contributed by atoms with E-state index in [1.807, 2.05) is 18.2 Å². The average molecular weight is 350 g/mol. The quantitative estimate of drug-likeness (QED) is 0.831. The topological polar surface area (TPSA) is 56.8 Å². The lowest BCUT2D eigenvalue weighted by atomic mass is 10.1. The molecule has 0 saturated heterocycles. The van der Waals surface area contributed by atoms with Crippen LogP contribution >= 0.6 is 11.6 Å². The molecule has 2 aromatic rings. The van der Waals surface area contributed by atoms with E-state index in [1.165, 1.54) is 7.11 Å². The number of methoxy groups -OCH3 is 3. The highest BCUT2D eigenvalue weighted by Gasteiger charge is 2.16. The standard InChI is InChI=1S/C18H20ClNO4/c1-22-15-9-8-12(10-16(15)23-2)18(21)20-11-17(24-3)13-6-4-5-7-14(13)19/h4-10,17H,11H2,1-3H3,(H,20,21). The Morgan fingerprint density at radius 2 is 1.79 bits per heavy atom. The van der Waals surface area contributed by atoms with E-state index in [1.54, 1.807) is 38.5 Å². The molecule has 0 spiro atoms. The van der Waals surface area contributed by atoms with E-state index in [-0.39, 0.29) is 12.0 Å². The molecule has 6 heteroatoms. The SMILES string of the molecule is COc1ccc(C(=O)NCC(OC)c2ccccc2Cl)cc1OC. The van der Waals surface area contributed by atoms with Gasteiger partial charge in [0.1, 0.15) is 6.10 Å². The summed E-state index contributed by atoms with van der Waals surface area (Å²) >= 11 is 6.18. The van der Waals surface area contributed by atoms with Gasteiger partial charge in [-0.15, -0.1) is 0 Å². The molecule has 24 heavy (non-hydrogen) atoms. The maximum absolute atomic E-state index is 12.4. The minimum atomic E-state index is -0.331. The van der Waals surface area contributed by atoms with Crippen molar-refractivity contribution in [2.24, 2.45) is 0 Å². The Morgan fingerprint density at radius 1 is 1.08 bits per heavy atom. The van der Waals surface area contributed by atoms with Crippen LogP contribution in [0.4, 0.5) is 0 Å². The van der Waals surface area contributed by atoms with Crippen LogP contribution in [0.2, 0.25) is 5.02 Å². The number of halogens is 1. The third kappa shape index (κ3) is 4.19. The number of carbonyl (C=O) groups is 1. The molecule has 2 rings (SSSR count). The predicted octanol–water partition coefficient (Wildman–Crippen LogP) is 3.47. The molecule has 0 fully saturated rings. The van der Waals surface area contributed by atoms with Crippen molar-refractivity contribution in [3.63, 3.8) is 0 Å². The maximum Gasteiger partial charge on any atom is 0.251 e. The Bertz CT molecular complexity index is 705. The number of ether oxygens (including phenoxy) is 3. The van der Waals surface area contributed by atoms with E-state index in [0.717, 1.165) is 5.56 Å². The Balaban J connectivity index is 2.08. The normalized spacial score (nSPS) is 11.7. The number of carbonyl (C=O) groups excluding carboxylic acids is 1. The zero-order chi connectivity index (χ0) is 17.5. The first-order valence-electron chi connectivity index (χ1n) is 7.38. The number of amides is 1. The minimum absolute atomic E-state index is 0.231. The molecule has 1 atom stereocenters. The molecule has 128 valence electrons. The summed E-state index contributed by atoms with van der Waals surface area (Å²) in [6.45, 7) is 0.299. The molecule has 0 saturated carbocycles. The molecule has 1 amide bonds. The summed E-state index contributed by atoms with van der Waals surface area (Å²) in [6.07, 6.45) is -0.331. The molecular weight excluding hydrogens is 330 g/mol. The highest BCUT2D eigenvalue weighted by molar-refractivity contribution is 6.31. The lowest BCUT2D eigenvalue weighted by Gasteiger charge is -2.18. The molecule has 0 aromatic heterocycles. The van der Waals surface area contributed by atoms with E-state index in [4.69, 9.17) is 25.8 Å². The second-order valence-corrected chi connectivity index (χ2v) is 5.43. The van der Waals surface area contributed by atoms with Crippen molar-refractivity contribution < 1.29 is 19.0 Å². The fourth-order valence-corrected chi connectivity index (χ4v) is 2.58. The smallest absolute Gasteiger partial charge is 0.251 e. The molecule has 5 nitrogen and oxygen atoms in total. The fraction of sp³-hybridized carbons (Fsp3) is 0.278. The molecule has 1 N–H and O–H groups in total. The first kappa shape index (κ1) is 18.1. The van der Waals surface area contributed by atoms with Crippen molar-refractivity contribution in [1.29, 1.82) is 0 Å². The van der Waals surface area contributed by atoms with Gasteiger partial charge in [-0.25, -0.2) is 0 Å². The van der Waals surface area contributed by atoms with E-state index < -0.39 is 0 Å². The van der Waals surface area contributed by atoms with Crippen LogP contribution in [0, 0.1) is 0 Å². The van der Waals surface area contributed by atoms with Crippen molar-refractivity contribution in [3.8, 4) is 11.5 Å². The number of nitrogens with one attached hydrogen (secondary N) is 1.